The van der Waals surface area contributed by atoms with Crippen LogP contribution in [0.5, 0.6) is 0 Å². The van der Waals surface area contributed by atoms with E-state index in [-0.39, 0.29) is 0 Å². The number of nitrogens with zero attached hydrogens (tertiary/aromatic N) is 3. The molecule has 0 bridgehead atoms. The first-order chi connectivity index (χ1) is 7.79. The molecule has 4 nitrogen and oxygen atoms in total. The third-order valence-corrected chi connectivity index (χ3v) is 3.55. The topological polar surface area (TPSA) is 61.6 Å². The zero-order valence-corrected chi connectivity index (χ0v) is 10.5. The maximum atomic E-state index is 8.82. The molecule has 1 N–H and O–H groups in total. The summed E-state index contributed by atoms with van der Waals surface area (Å²) in [4.78, 5) is 9.16. The van der Waals surface area contributed by atoms with Crippen molar-refractivity contribution in [2.75, 3.05) is 5.32 Å². The Morgan fingerprint density at radius 3 is 2.94 bits per heavy atom. The number of nitrogens with one attached hydrogen (secondary N) is 1. The molecule has 0 aromatic carbocycles. The molecule has 2 heterocycles. The summed E-state index contributed by atoms with van der Waals surface area (Å²) >= 11 is 5.03. The van der Waals surface area contributed by atoms with Crippen LogP contribution in [-0.4, -0.2) is 9.97 Å². The fraction of sp³-hybridized carbons (Fsp3) is 0.100. The number of aromatic nitrogens is 2. The van der Waals surface area contributed by atoms with E-state index in [4.69, 9.17) is 5.26 Å². The molecule has 0 radical (unpaired) electrons. The van der Waals surface area contributed by atoms with E-state index in [0.29, 0.717) is 18.1 Å². The van der Waals surface area contributed by atoms with Crippen LogP contribution in [0.25, 0.3) is 0 Å². The number of halogens is 1. The van der Waals surface area contributed by atoms with Crippen molar-refractivity contribution in [2.45, 2.75) is 6.54 Å². The maximum Gasteiger partial charge on any atom is 0.182 e. The number of thiophene rings is 1. The van der Waals surface area contributed by atoms with Crippen molar-refractivity contribution in [1.29, 1.82) is 5.26 Å². The molecule has 0 spiro atoms. The van der Waals surface area contributed by atoms with E-state index in [1.807, 2.05) is 17.5 Å². The van der Waals surface area contributed by atoms with Crippen LogP contribution in [0.2, 0.25) is 0 Å². The summed E-state index contributed by atoms with van der Waals surface area (Å²) in [5, 5.41) is 13.9. The quantitative estimate of drug-likeness (QED) is 0.945. The molecular formula is C10H7BrN4S. The number of anilines is 1. The van der Waals surface area contributed by atoms with Crippen molar-refractivity contribution in [2.24, 2.45) is 0 Å². The zero-order valence-electron chi connectivity index (χ0n) is 8.14. The molecule has 0 aliphatic rings. The monoisotopic (exact) mass is 294 g/mol. The van der Waals surface area contributed by atoms with Crippen LogP contribution in [0.4, 0.5) is 5.82 Å². The number of hydrogen-bond acceptors (Lipinski definition) is 5. The highest BCUT2D eigenvalue weighted by Gasteiger charge is 2.04. The van der Waals surface area contributed by atoms with Crippen molar-refractivity contribution in [1.82, 2.24) is 9.97 Å². The van der Waals surface area contributed by atoms with E-state index in [0.717, 1.165) is 4.47 Å². The summed E-state index contributed by atoms with van der Waals surface area (Å²) in [6.07, 6.45) is 3.07. The molecule has 0 fully saturated rings. The van der Waals surface area contributed by atoms with Gasteiger partial charge in [-0.05, 0) is 22.0 Å². The molecule has 0 atom stereocenters. The first-order valence-corrected chi connectivity index (χ1v) is 6.15. The van der Waals surface area contributed by atoms with Gasteiger partial charge in [0.1, 0.15) is 6.07 Å². The summed E-state index contributed by atoms with van der Waals surface area (Å²) < 4.78 is 1.06. The van der Waals surface area contributed by atoms with Gasteiger partial charge in [0.25, 0.3) is 0 Å². The molecule has 6 heteroatoms. The Labute approximate surface area is 105 Å². The van der Waals surface area contributed by atoms with Gasteiger partial charge in [-0.25, -0.2) is 9.97 Å². The Balaban J connectivity index is 2.08. The molecular weight excluding hydrogens is 288 g/mol. The zero-order chi connectivity index (χ0) is 11.4. The minimum Gasteiger partial charge on any atom is -0.363 e. The summed E-state index contributed by atoms with van der Waals surface area (Å²) in [6.45, 7) is 0.642. The molecule has 0 saturated heterocycles. The average Bonchev–Trinajstić information content (AvgIpc) is 2.73. The molecule has 0 aliphatic carbocycles. The second-order valence-electron chi connectivity index (χ2n) is 2.95. The van der Waals surface area contributed by atoms with Gasteiger partial charge in [-0.15, -0.1) is 11.3 Å². The fourth-order valence-corrected chi connectivity index (χ4v) is 2.56. The van der Waals surface area contributed by atoms with Crippen LogP contribution < -0.4 is 5.32 Å². The molecule has 2 rings (SSSR count). The third kappa shape index (κ3) is 2.56. The van der Waals surface area contributed by atoms with Gasteiger partial charge in [0, 0.05) is 27.1 Å². The van der Waals surface area contributed by atoms with Crippen LogP contribution in [0.1, 0.15) is 10.6 Å². The Bertz CT molecular complexity index is 532. The van der Waals surface area contributed by atoms with Crippen LogP contribution >= 0.6 is 27.3 Å². The van der Waals surface area contributed by atoms with Crippen molar-refractivity contribution >= 4 is 33.1 Å². The van der Waals surface area contributed by atoms with Crippen molar-refractivity contribution in [3.8, 4) is 6.07 Å². The minimum atomic E-state index is 0.318. The first kappa shape index (κ1) is 11.0. The Hall–Kier alpha value is -1.45. The molecule has 2 aromatic rings. The van der Waals surface area contributed by atoms with Gasteiger partial charge >= 0.3 is 0 Å². The van der Waals surface area contributed by atoms with Gasteiger partial charge in [-0.3, -0.25) is 0 Å². The van der Waals surface area contributed by atoms with Gasteiger partial charge in [-0.2, -0.15) is 5.26 Å². The fourth-order valence-electron chi connectivity index (χ4n) is 1.17. The van der Waals surface area contributed by atoms with Crippen LogP contribution in [0.3, 0.4) is 0 Å². The van der Waals surface area contributed by atoms with Crippen LogP contribution in [-0.2, 0) is 6.54 Å². The van der Waals surface area contributed by atoms with Gasteiger partial charge in [-0.1, -0.05) is 0 Å². The molecule has 0 unspecified atom stereocenters. The predicted molar refractivity (Wildman–Crippen MR) is 66.1 cm³/mol. The van der Waals surface area contributed by atoms with E-state index in [1.54, 1.807) is 17.5 Å². The molecule has 0 saturated carbocycles. The molecule has 2 aromatic heterocycles. The summed E-state index contributed by atoms with van der Waals surface area (Å²) in [6, 6.07) is 4.02. The Morgan fingerprint density at radius 1 is 1.44 bits per heavy atom. The highest BCUT2D eigenvalue weighted by molar-refractivity contribution is 9.10. The smallest absolute Gasteiger partial charge is 0.182 e. The lowest BCUT2D eigenvalue weighted by Crippen LogP contribution is -2.03. The molecule has 0 amide bonds. The van der Waals surface area contributed by atoms with Gasteiger partial charge in [0.05, 0.1) is 6.54 Å². The lowest BCUT2D eigenvalue weighted by Gasteiger charge is -2.03. The van der Waals surface area contributed by atoms with Gasteiger partial charge < -0.3 is 5.32 Å². The molecule has 80 valence electrons. The normalized spacial score (nSPS) is 9.75. The standard InChI is InChI=1S/C10H7BrN4S/c11-7-3-8(16-6-7)5-15-10-9(4-12)13-1-2-14-10/h1-3,6H,5H2,(H,14,15). The van der Waals surface area contributed by atoms with Crippen LogP contribution in [0.15, 0.2) is 28.3 Å². The van der Waals surface area contributed by atoms with Gasteiger partial charge in [0.15, 0.2) is 11.5 Å². The molecule has 16 heavy (non-hydrogen) atoms. The van der Waals surface area contributed by atoms with E-state index >= 15 is 0 Å². The highest BCUT2D eigenvalue weighted by atomic mass is 79.9. The summed E-state index contributed by atoms with van der Waals surface area (Å²) in [5.74, 6) is 0.523. The highest BCUT2D eigenvalue weighted by Crippen LogP contribution is 2.20. The van der Waals surface area contributed by atoms with Crippen molar-refractivity contribution in [3.05, 3.63) is 38.9 Å². The Kier molecular flexibility index (Phi) is 3.49. The average molecular weight is 295 g/mol. The number of nitriles is 1. The number of rotatable bonds is 3. The lowest BCUT2D eigenvalue weighted by molar-refractivity contribution is 1.09. The maximum absolute atomic E-state index is 8.82. The third-order valence-electron chi connectivity index (χ3n) is 1.86. The molecule has 0 aliphatic heterocycles. The van der Waals surface area contributed by atoms with Gasteiger partial charge in [0.2, 0.25) is 0 Å². The van der Waals surface area contributed by atoms with E-state index in [2.05, 4.69) is 31.2 Å². The largest absolute Gasteiger partial charge is 0.363 e. The summed E-state index contributed by atoms with van der Waals surface area (Å²) in [5.41, 5.74) is 0.318. The second kappa shape index (κ2) is 5.05. The summed E-state index contributed by atoms with van der Waals surface area (Å²) in [7, 11) is 0. The van der Waals surface area contributed by atoms with Crippen molar-refractivity contribution in [3.63, 3.8) is 0 Å². The number of hydrogen-bond donors (Lipinski definition) is 1. The second-order valence-corrected chi connectivity index (χ2v) is 4.86. The van der Waals surface area contributed by atoms with E-state index < -0.39 is 0 Å². The van der Waals surface area contributed by atoms with Crippen LogP contribution in [0, 0.1) is 11.3 Å². The minimum absolute atomic E-state index is 0.318. The SMILES string of the molecule is N#Cc1nccnc1NCc1cc(Br)cs1. The first-order valence-electron chi connectivity index (χ1n) is 4.47. The lowest BCUT2D eigenvalue weighted by atomic mass is 10.4. The predicted octanol–water partition coefficient (Wildman–Crippen LogP) is 2.78. The Morgan fingerprint density at radius 2 is 2.25 bits per heavy atom. The van der Waals surface area contributed by atoms with E-state index in [9.17, 15) is 0 Å². The van der Waals surface area contributed by atoms with Crippen molar-refractivity contribution < 1.29 is 0 Å². The van der Waals surface area contributed by atoms with E-state index in [1.165, 1.54) is 11.1 Å².